The van der Waals surface area contributed by atoms with Crippen LogP contribution in [-0.2, 0) is 23.9 Å². The van der Waals surface area contributed by atoms with E-state index in [0.29, 0.717) is 32.1 Å². The third-order valence-corrected chi connectivity index (χ3v) is 9.24. The number of unbranched alkanes of at least 4 members (excludes halogenated alkanes) is 13. The Morgan fingerprint density at radius 2 is 1.31 bits per heavy atom. The van der Waals surface area contributed by atoms with Crippen LogP contribution in [0, 0.1) is 17.8 Å². The van der Waals surface area contributed by atoms with E-state index in [1.165, 1.54) is 57.8 Å². The van der Waals surface area contributed by atoms with Gasteiger partial charge in [-0.15, -0.1) is 0 Å². The largest absolute Gasteiger partial charge is 0.463 e. The molecule has 0 aliphatic heterocycles. The molecule has 278 valence electrons. The molecule has 0 aromatic rings. The molecule has 8 nitrogen and oxygen atoms in total. The van der Waals surface area contributed by atoms with Crippen molar-refractivity contribution in [1.82, 2.24) is 0 Å². The van der Waals surface area contributed by atoms with E-state index in [4.69, 9.17) is 9.47 Å². The van der Waals surface area contributed by atoms with Crippen molar-refractivity contribution in [1.29, 1.82) is 0 Å². The minimum Gasteiger partial charge on any atom is -0.463 e. The fourth-order valence-corrected chi connectivity index (χ4v) is 6.19. The molecule has 8 heteroatoms. The van der Waals surface area contributed by atoms with Crippen LogP contribution in [0.5, 0.6) is 0 Å². The van der Waals surface area contributed by atoms with Gasteiger partial charge in [-0.2, -0.15) is 0 Å². The van der Waals surface area contributed by atoms with E-state index in [9.17, 15) is 29.7 Å². The zero-order valence-corrected chi connectivity index (χ0v) is 30.6. The molecule has 1 fully saturated rings. The van der Waals surface area contributed by atoms with Gasteiger partial charge in [0.15, 0.2) is 0 Å². The molecule has 0 heterocycles. The number of carbonyl (C=O) groups excluding carboxylic acids is 3. The molecule has 1 aliphatic rings. The molecule has 0 radical (unpaired) electrons. The second kappa shape index (κ2) is 28.8. The molecular weight excluding hydrogens is 608 g/mol. The number of ketones is 1. The Morgan fingerprint density at radius 1 is 0.771 bits per heavy atom. The van der Waals surface area contributed by atoms with Crippen molar-refractivity contribution in [3.05, 3.63) is 24.3 Å². The molecule has 48 heavy (non-hydrogen) atoms. The van der Waals surface area contributed by atoms with Crippen LogP contribution in [0.3, 0.4) is 0 Å². The van der Waals surface area contributed by atoms with Crippen molar-refractivity contribution in [2.75, 3.05) is 13.2 Å². The van der Waals surface area contributed by atoms with Gasteiger partial charge in [0.2, 0.25) is 0 Å². The number of hydrogen-bond donors (Lipinski definition) is 3. The Morgan fingerprint density at radius 3 is 1.90 bits per heavy atom. The maximum atomic E-state index is 12.4. The van der Waals surface area contributed by atoms with Crippen LogP contribution < -0.4 is 0 Å². The normalized spacial score (nSPS) is 19.5. The number of aliphatic hydroxyl groups is 3. The lowest BCUT2D eigenvalue weighted by Gasteiger charge is -2.17. The van der Waals surface area contributed by atoms with E-state index in [1.54, 1.807) is 12.2 Å². The standard InChI is InChI=1S/C40H70O8/c1-4-5-17-23-33(41)27-28-36-35(37(43)29-38(36)44)24-19-15-16-21-26-40(46)48-31-34(42)30-47-39(45)25-20-14-12-10-8-6-7-9-11-13-18-22-32(2)3/h15,19,27-28,32-37,41-43H,4-14,16-18,20-26,29-31H2,1-3H3/b19-15-,28-27+/t33-,34-,35+,36+,37-/m0/s1. The molecule has 0 amide bonds. The molecule has 0 bridgehead atoms. The summed E-state index contributed by atoms with van der Waals surface area (Å²) in [6, 6.07) is 0. The molecule has 0 spiro atoms. The number of carbonyl (C=O) groups is 3. The average molecular weight is 679 g/mol. The number of aliphatic hydroxyl groups excluding tert-OH is 3. The Hall–Kier alpha value is -2.03. The van der Waals surface area contributed by atoms with Crippen molar-refractivity contribution in [3.8, 4) is 0 Å². The second-order valence-electron chi connectivity index (χ2n) is 14.3. The van der Waals surface area contributed by atoms with Gasteiger partial charge in [-0.05, 0) is 38.0 Å². The van der Waals surface area contributed by atoms with Crippen molar-refractivity contribution < 1.29 is 39.2 Å². The highest BCUT2D eigenvalue weighted by Gasteiger charge is 2.39. The van der Waals surface area contributed by atoms with Crippen LogP contribution in [0.2, 0.25) is 0 Å². The maximum Gasteiger partial charge on any atom is 0.305 e. The summed E-state index contributed by atoms with van der Waals surface area (Å²) < 4.78 is 10.3. The predicted molar refractivity (Wildman–Crippen MR) is 192 cm³/mol. The summed E-state index contributed by atoms with van der Waals surface area (Å²) in [5.74, 6) is -0.542. The van der Waals surface area contributed by atoms with Gasteiger partial charge in [0.1, 0.15) is 25.1 Å². The fourth-order valence-electron chi connectivity index (χ4n) is 6.19. The van der Waals surface area contributed by atoms with Gasteiger partial charge in [0.05, 0.1) is 12.2 Å². The predicted octanol–water partition coefficient (Wildman–Crippen LogP) is 8.34. The number of rotatable bonds is 30. The Labute approximate surface area is 292 Å². The highest BCUT2D eigenvalue weighted by Crippen LogP contribution is 2.33. The molecule has 1 rings (SSSR count). The molecule has 5 atom stereocenters. The molecule has 0 aromatic carbocycles. The van der Waals surface area contributed by atoms with Crippen molar-refractivity contribution >= 4 is 17.7 Å². The van der Waals surface area contributed by atoms with Gasteiger partial charge < -0.3 is 24.8 Å². The second-order valence-corrected chi connectivity index (χ2v) is 14.3. The lowest BCUT2D eigenvalue weighted by Crippen LogP contribution is -2.25. The summed E-state index contributed by atoms with van der Waals surface area (Å²) in [4.78, 5) is 36.4. The highest BCUT2D eigenvalue weighted by molar-refractivity contribution is 5.86. The van der Waals surface area contributed by atoms with Gasteiger partial charge in [0, 0.05) is 31.1 Å². The molecule has 1 saturated carbocycles. The Bertz CT molecular complexity index is 898. The zero-order valence-electron chi connectivity index (χ0n) is 30.6. The summed E-state index contributed by atoms with van der Waals surface area (Å²) in [7, 11) is 0. The zero-order chi connectivity index (χ0) is 35.4. The first-order valence-electron chi connectivity index (χ1n) is 19.3. The molecule has 1 aliphatic carbocycles. The summed E-state index contributed by atoms with van der Waals surface area (Å²) in [5, 5.41) is 30.6. The van der Waals surface area contributed by atoms with Gasteiger partial charge >= 0.3 is 11.9 Å². The number of ether oxygens (including phenoxy) is 2. The first-order valence-corrected chi connectivity index (χ1v) is 19.3. The van der Waals surface area contributed by atoms with E-state index in [2.05, 4.69) is 20.8 Å². The van der Waals surface area contributed by atoms with Crippen molar-refractivity contribution in [2.24, 2.45) is 17.8 Å². The van der Waals surface area contributed by atoms with Gasteiger partial charge in [-0.3, -0.25) is 14.4 Å². The minimum absolute atomic E-state index is 0.00208. The number of allylic oxidation sites excluding steroid dienone is 3. The van der Waals surface area contributed by atoms with Gasteiger partial charge in [0.25, 0.3) is 0 Å². The van der Waals surface area contributed by atoms with Gasteiger partial charge in [-0.25, -0.2) is 0 Å². The molecular formula is C40H70O8. The van der Waals surface area contributed by atoms with Gasteiger partial charge in [-0.1, -0.05) is 135 Å². The summed E-state index contributed by atoms with van der Waals surface area (Å²) >= 11 is 0. The molecule has 0 unspecified atom stereocenters. The topological polar surface area (TPSA) is 130 Å². The van der Waals surface area contributed by atoms with Crippen LogP contribution in [0.1, 0.15) is 162 Å². The van der Waals surface area contributed by atoms with E-state index in [0.717, 1.165) is 44.4 Å². The third kappa shape index (κ3) is 23.3. The quantitative estimate of drug-likeness (QED) is 0.0393. The summed E-state index contributed by atoms with van der Waals surface area (Å²) in [6.45, 7) is 6.29. The van der Waals surface area contributed by atoms with Crippen LogP contribution in [0.15, 0.2) is 24.3 Å². The van der Waals surface area contributed by atoms with Crippen LogP contribution in [-0.4, -0.2) is 64.6 Å². The maximum absolute atomic E-state index is 12.4. The van der Waals surface area contributed by atoms with Crippen molar-refractivity contribution in [2.45, 2.75) is 180 Å². The lowest BCUT2D eigenvalue weighted by atomic mass is 9.90. The van der Waals surface area contributed by atoms with E-state index in [1.807, 2.05) is 12.2 Å². The molecule has 0 saturated heterocycles. The summed E-state index contributed by atoms with van der Waals surface area (Å²) in [5.41, 5.74) is 0. The third-order valence-electron chi connectivity index (χ3n) is 9.24. The Balaban J connectivity index is 2.06. The fraction of sp³-hybridized carbons (Fsp3) is 0.825. The number of hydrogen-bond acceptors (Lipinski definition) is 8. The highest BCUT2D eigenvalue weighted by atomic mass is 16.6. The van der Waals surface area contributed by atoms with Crippen molar-refractivity contribution in [3.63, 3.8) is 0 Å². The lowest BCUT2D eigenvalue weighted by molar-refractivity contribution is -0.152. The van der Waals surface area contributed by atoms with E-state index >= 15 is 0 Å². The Kier molecular flexibility index (Phi) is 26.4. The van der Waals surface area contributed by atoms with Crippen LogP contribution in [0.25, 0.3) is 0 Å². The van der Waals surface area contributed by atoms with E-state index < -0.39 is 30.2 Å². The number of Topliss-reactive ketones (excluding diaryl/α,β-unsaturated/α-hetero) is 1. The molecule has 3 N–H and O–H groups in total. The minimum atomic E-state index is -1.05. The first kappa shape index (κ1) is 44.0. The van der Waals surface area contributed by atoms with Crippen LogP contribution >= 0.6 is 0 Å². The number of esters is 2. The molecule has 0 aromatic heterocycles. The smallest absolute Gasteiger partial charge is 0.305 e. The average Bonchev–Trinajstić information content (AvgIpc) is 3.32. The van der Waals surface area contributed by atoms with E-state index in [-0.39, 0.29) is 43.7 Å². The van der Waals surface area contributed by atoms with Crippen LogP contribution in [0.4, 0.5) is 0 Å². The monoisotopic (exact) mass is 679 g/mol. The first-order chi connectivity index (χ1) is 23.1. The SMILES string of the molecule is CCCCC[C@H](O)/C=C/[C@H]1C(=O)C[C@H](O)[C@@H]1C/C=C\CCCC(=O)OC[C@@H](O)COC(=O)CCCCCCCCCCCCCC(C)C. The summed E-state index contributed by atoms with van der Waals surface area (Å²) in [6.07, 6.45) is 26.0.